The van der Waals surface area contributed by atoms with Crippen LogP contribution in [0.5, 0.6) is 5.75 Å². The van der Waals surface area contributed by atoms with Crippen molar-refractivity contribution in [2.24, 2.45) is 0 Å². The average Bonchev–Trinajstić information content (AvgIpc) is 3.36. The Labute approximate surface area is 252 Å². The summed E-state index contributed by atoms with van der Waals surface area (Å²) in [4.78, 5) is 18.3. The summed E-state index contributed by atoms with van der Waals surface area (Å²) in [5, 5.41) is 0.617. The summed E-state index contributed by atoms with van der Waals surface area (Å²) in [5.41, 5.74) is 3.10. The number of carbonyl (C=O) groups excluding carboxylic acids is 1. The van der Waals surface area contributed by atoms with E-state index in [-0.39, 0.29) is 5.91 Å². The number of ether oxygens (including phenoxy) is 1. The van der Waals surface area contributed by atoms with E-state index in [0.29, 0.717) is 23.9 Å². The van der Waals surface area contributed by atoms with Crippen LogP contribution in [0.15, 0.2) is 53.6 Å². The van der Waals surface area contributed by atoms with E-state index in [2.05, 4.69) is 31.0 Å². The van der Waals surface area contributed by atoms with Gasteiger partial charge in [-0.3, -0.25) is 4.79 Å². The fourth-order valence-corrected chi connectivity index (χ4v) is 6.10. The smallest absolute Gasteiger partial charge is 0.224 e. The van der Waals surface area contributed by atoms with Gasteiger partial charge >= 0.3 is 0 Å². The first-order chi connectivity index (χ1) is 19.5. The number of rotatable bonds is 19. The number of para-hydroxylation sites is 1. The second-order valence-electron chi connectivity index (χ2n) is 11.0. The number of hydrogen-bond acceptors (Lipinski definition) is 4. The molecule has 2 aromatic rings. The molecular formula is C34H49ClN2O2S. The van der Waals surface area contributed by atoms with Crippen molar-refractivity contribution >= 4 is 35.0 Å². The first-order valence-corrected chi connectivity index (χ1v) is 16.7. The predicted molar refractivity (Wildman–Crippen MR) is 173 cm³/mol. The maximum Gasteiger partial charge on any atom is 0.224 e. The lowest BCUT2D eigenvalue weighted by Gasteiger charge is -2.26. The standard InChI is InChI=1S/C34H49ClN2O2S/c1-4-5-6-7-8-9-10-11-12-13-14-17-22-39-34-23-30(20-21-32(34)35)25-37(29(3)38)33-19-16-15-18-31(33)26-36-24-28(2)40-27-36/h15-16,18-21,23-24H,4-14,17,22,25-27H2,1-3H3. The molecule has 2 aromatic carbocycles. The minimum atomic E-state index is 0.0175. The van der Waals surface area contributed by atoms with Gasteiger partial charge in [0.15, 0.2) is 0 Å². The van der Waals surface area contributed by atoms with Crippen LogP contribution in [0.2, 0.25) is 5.02 Å². The number of unbranched alkanes of at least 4 members (excludes halogenated alkanes) is 11. The highest BCUT2D eigenvalue weighted by atomic mass is 35.5. The number of amides is 1. The Kier molecular flexibility index (Phi) is 14.9. The first kappa shape index (κ1) is 32.4. The Hall–Kier alpha value is -2.11. The van der Waals surface area contributed by atoms with Gasteiger partial charge < -0.3 is 14.5 Å². The molecule has 3 rings (SSSR count). The lowest BCUT2D eigenvalue weighted by atomic mass is 10.1. The van der Waals surface area contributed by atoms with E-state index < -0.39 is 0 Å². The van der Waals surface area contributed by atoms with Crippen molar-refractivity contribution in [3.05, 3.63) is 69.7 Å². The topological polar surface area (TPSA) is 32.8 Å². The Balaban J connectivity index is 1.45. The van der Waals surface area contributed by atoms with Crippen molar-refractivity contribution in [3.63, 3.8) is 0 Å². The summed E-state index contributed by atoms with van der Waals surface area (Å²) >= 11 is 8.32. The van der Waals surface area contributed by atoms with Gasteiger partial charge in [-0.15, -0.1) is 11.8 Å². The second kappa shape index (κ2) is 18.3. The molecule has 0 spiro atoms. The van der Waals surface area contributed by atoms with Gasteiger partial charge in [0.05, 0.1) is 24.1 Å². The van der Waals surface area contributed by atoms with Gasteiger partial charge in [-0.25, -0.2) is 0 Å². The second-order valence-corrected chi connectivity index (χ2v) is 12.6. The summed E-state index contributed by atoms with van der Waals surface area (Å²) in [6.07, 6.45) is 18.1. The molecule has 0 radical (unpaired) electrons. The van der Waals surface area contributed by atoms with Crippen LogP contribution in [0.25, 0.3) is 0 Å². The number of thioether (sulfide) groups is 1. The van der Waals surface area contributed by atoms with Crippen molar-refractivity contribution in [3.8, 4) is 5.75 Å². The van der Waals surface area contributed by atoms with E-state index in [9.17, 15) is 4.79 Å². The summed E-state index contributed by atoms with van der Waals surface area (Å²) in [7, 11) is 0. The van der Waals surface area contributed by atoms with Crippen molar-refractivity contribution in [1.29, 1.82) is 0 Å². The van der Waals surface area contributed by atoms with Gasteiger partial charge in [0, 0.05) is 25.4 Å². The zero-order valence-electron chi connectivity index (χ0n) is 24.9. The maximum absolute atomic E-state index is 12.8. The fraction of sp³-hybridized carbons (Fsp3) is 0.559. The molecule has 1 aliphatic heterocycles. The molecular weight excluding hydrogens is 536 g/mol. The van der Waals surface area contributed by atoms with E-state index in [1.54, 1.807) is 6.92 Å². The van der Waals surface area contributed by atoms with Gasteiger partial charge in [-0.1, -0.05) is 113 Å². The summed E-state index contributed by atoms with van der Waals surface area (Å²) in [5.74, 6) is 1.66. The highest BCUT2D eigenvalue weighted by Crippen LogP contribution is 2.31. The van der Waals surface area contributed by atoms with Crippen LogP contribution in [0, 0.1) is 0 Å². The first-order valence-electron chi connectivity index (χ1n) is 15.3. The van der Waals surface area contributed by atoms with Gasteiger partial charge in [0.25, 0.3) is 0 Å². The highest BCUT2D eigenvalue weighted by Gasteiger charge is 2.19. The van der Waals surface area contributed by atoms with Crippen LogP contribution in [-0.4, -0.2) is 23.3 Å². The highest BCUT2D eigenvalue weighted by molar-refractivity contribution is 8.03. The zero-order chi connectivity index (χ0) is 28.6. The Morgan fingerprint density at radius 1 is 0.950 bits per heavy atom. The summed E-state index contributed by atoms with van der Waals surface area (Å²) in [6, 6.07) is 14.1. The quantitative estimate of drug-likeness (QED) is 0.154. The third kappa shape index (κ3) is 11.4. The van der Waals surface area contributed by atoms with E-state index in [4.69, 9.17) is 16.3 Å². The minimum absolute atomic E-state index is 0.0175. The number of anilines is 1. The lowest BCUT2D eigenvalue weighted by molar-refractivity contribution is -0.116. The minimum Gasteiger partial charge on any atom is -0.492 e. The average molecular weight is 585 g/mol. The van der Waals surface area contributed by atoms with Crippen molar-refractivity contribution in [2.45, 2.75) is 111 Å². The Morgan fingerprint density at radius 2 is 1.60 bits per heavy atom. The number of nitrogens with zero attached hydrogens (tertiary/aromatic N) is 2. The predicted octanol–water partition coefficient (Wildman–Crippen LogP) is 10.3. The molecule has 0 unspecified atom stereocenters. The molecule has 0 atom stereocenters. The number of halogens is 1. The molecule has 0 aromatic heterocycles. The number of benzene rings is 2. The fourth-order valence-electron chi connectivity index (χ4n) is 5.16. The molecule has 6 heteroatoms. The molecule has 220 valence electrons. The van der Waals surface area contributed by atoms with E-state index >= 15 is 0 Å². The van der Waals surface area contributed by atoms with Crippen LogP contribution in [0.4, 0.5) is 5.69 Å². The molecule has 40 heavy (non-hydrogen) atoms. The van der Waals surface area contributed by atoms with Gasteiger partial charge in [0.1, 0.15) is 5.75 Å². The van der Waals surface area contributed by atoms with Crippen LogP contribution >= 0.6 is 23.4 Å². The normalized spacial score (nSPS) is 13.0. The molecule has 4 nitrogen and oxygen atoms in total. The molecule has 0 fully saturated rings. The molecule has 0 N–H and O–H groups in total. The Morgan fingerprint density at radius 3 is 2.23 bits per heavy atom. The van der Waals surface area contributed by atoms with Crippen LogP contribution in [0.1, 0.15) is 109 Å². The van der Waals surface area contributed by atoms with E-state index in [1.165, 1.54) is 75.5 Å². The van der Waals surface area contributed by atoms with Gasteiger partial charge in [-0.05, 0) is 47.6 Å². The third-order valence-corrected chi connectivity index (χ3v) is 8.78. The summed E-state index contributed by atoms with van der Waals surface area (Å²) < 4.78 is 6.09. The van der Waals surface area contributed by atoms with Crippen molar-refractivity contribution in [1.82, 2.24) is 4.90 Å². The monoisotopic (exact) mass is 584 g/mol. The van der Waals surface area contributed by atoms with Crippen LogP contribution in [0.3, 0.4) is 0 Å². The number of hydrogen-bond donors (Lipinski definition) is 0. The molecule has 0 aliphatic carbocycles. The van der Waals surface area contributed by atoms with Crippen molar-refractivity contribution < 1.29 is 9.53 Å². The molecule has 1 heterocycles. The van der Waals surface area contributed by atoms with E-state index in [0.717, 1.165) is 35.7 Å². The van der Waals surface area contributed by atoms with Crippen molar-refractivity contribution in [2.75, 3.05) is 17.4 Å². The van der Waals surface area contributed by atoms with Gasteiger partial charge in [-0.2, -0.15) is 0 Å². The maximum atomic E-state index is 12.8. The largest absolute Gasteiger partial charge is 0.492 e. The lowest BCUT2D eigenvalue weighted by Crippen LogP contribution is -2.29. The molecule has 0 bridgehead atoms. The van der Waals surface area contributed by atoms with E-state index in [1.807, 2.05) is 53.1 Å². The molecule has 1 aliphatic rings. The molecule has 0 saturated heterocycles. The van der Waals surface area contributed by atoms with Crippen LogP contribution in [-0.2, 0) is 17.9 Å². The number of allylic oxidation sites excluding steroid dienone is 1. The zero-order valence-corrected chi connectivity index (χ0v) is 26.5. The molecule has 0 saturated carbocycles. The SMILES string of the molecule is CCCCCCCCCCCCCCOc1cc(CN(C(C)=O)c2ccccc2CN2C=C(C)SC2)ccc1Cl. The molecule has 1 amide bonds. The van der Waals surface area contributed by atoms with Gasteiger partial charge in [0.2, 0.25) is 5.91 Å². The van der Waals surface area contributed by atoms with Crippen LogP contribution < -0.4 is 9.64 Å². The Bertz CT molecular complexity index is 1070. The number of carbonyl (C=O) groups is 1. The third-order valence-electron chi connectivity index (χ3n) is 7.45. The summed E-state index contributed by atoms with van der Waals surface area (Å²) in [6.45, 7) is 7.96.